The molecular weight excluding hydrogens is 149 g/mol. The summed E-state index contributed by atoms with van der Waals surface area (Å²) in [5.74, 6) is -3.08. The average Bonchev–Trinajstić information content (AvgIpc) is 1.63. The molecule has 4 N–H and O–H groups in total. The normalized spacial score (nSPS) is 10.3. The summed E-state index contributed by atoms with van der Waals surface area (Å²) in [7, 11) is 0. The number of aliphatic carboxylic acids is 2. The molecule has 0 fully saturated rings. The molecule has 11 heavy (non-hydrogen) atoms. The molecule has 0 unspecified atom stereocenters. The standard InChI is InChI=1S/C4H7NO4.Li.H2O/c5-2(4(8)9)1-3(6)7;;/h2H,1,5H2,(H,6,7)(H,8,9);;1H2/q;+1;/p-1/t2-;;/m0../s1. The van der Waals surface area contributed by atoms with E-state index in [2.05, 4.69) is 0 Å². The van der Waals surface area contributed by atoms with Crippen molar-refractivity contribution in [1.29, 1.82) is 0 Å². The molecule has 0 aromatic rings. The van der Waals surface area contributed by atoms with Gasteiger partial charge in [-0.2, -0.15) is 0 Å². The third kappa shape index (κ3) is 9.46. The Balaban J connectivity index is -0.000000107. The molecule has 0 aliphatic rings. The topological polar surface area (TPSA) is 138 Å². The molecule has 0 aliphatic carbocycles. The monoisotopic (exact) mass is 157 g/mol. The van der Waals surface area contributed by atoms with Gasteiger partial charge in [0.25, 0.3) is 0 Å². The first kappa shape index (κ1) is 16.8. The summed E-state index contributed by atoms with van der Waals surface area (Å²) in [6.07, 6.45) is -0.706. The molecule has 0 rings (SSSR count). The van der Waals surface area contributed by atoms with Crippen LogP contribution in [0.15, 0.2) is 0 Å². The minimum atomic E-state index is -1.58. The molecule has 0 saturated heterocycles. The number of carboxylic acid groups (broad SMARTS) is 2. The maximum Gasteiger partial charge on any atom is 1.00 e. The average molecular weight is 157 g/mol. The molecular formula is C4H8LiNO5. The number of carbonyl (C=O) groups is 2. The summed E-state index contributed by atoms with van der Waals surface area (Å²) in [6.45, 7) is 0. The second kappa shape index (κ2) is 7.56. The molecule has 0 heterocycles. The van der Waals surface area contributed by atoms with Crippen LogP contribution < -0.4 is 34.8 Å². The van der Waals surface area contributed by atoms with Gasteiger partial charge in [0.15, 0.2) is 0 Å². The first-order valence-corrected chi connectivity index (χ1v) is 2.20. The van der Waals surface area contributed by atoms with Crippen molar-refractivity contribution < 1.29 is 45.6 Å². The van der Waals surface area contributed by atoms with E-state index in [0.29, 0.717) is 0 Å². The number of nitrogens with two attached hydrogens (primary N) is 1. The van der Waals surface area contributed by atoms with Crippen molar-refractivity contribution in [3.05, 3.63) is 0 Å². The van der Waals surface area contributed by atoms with Crippen LogP contribution in [0.1, 0.15) is 7.85 Å². The molecule has 6 nitrogen and oxygen atoms in total. The van der Waals surface area contributed by atoms with Crippen molar-refractivity contribution in [2.45, 2.75) is 12.5 Å². The molecule has 60 valence electrons. The SMILES string of the molecule is N[C@@H](CC(=O)[O-])C(=O)[O-].O.[H+].[Li+]. The molecule has 0 amide bonds. The predicted octanol–water partition coefficient (Wildman–Crippen LogP) is -7.50. The molecule has 0 saturated carbocycles. The quantitative estimate of drug-likeness (QED) is 0.405. The van der Waals surface area contributed by atoms with Crippen molar-refractivity contribution in [2.24, 2.45) is 5.73 Å². The van der Waals surface area contributed by atoms with Gasteiger partial charge in [-0.3, -0.25) is 0 Å². The Labute approximate surface area is 76.3 Å². The Morgan fingerprint density at radius 2 is 1.82 bits per heavy atom. The van der Waals surface area contributed by atoms with Crippen LogP contribution in [0.3, 0.4) is 0 Å². The zero-order valence-electron chi connectivity index (χ0n) is 6.99. The third-order valence-electron chi connectivity index (χ3n) is 0.689. The van der Waals surface area contributed by atoms with E-state index in [0.717, 1.165) is 0 Å². The van der Waals surface area contributed by atoms with Crippen LogP contribution in [0.2, 0.25) is 0 Å². The minimum Gasteiger partial charge on any atom is -0.550 e. The molecule has 0 spiro atoms. The second-order valence-electron chi connectivity index (χ2n) is 1.50. The Morgan fingerprint density at radius 1 is 1.45 bits per heavy atom. The van der Waals surface area contributed by atoms with Crippen molar-refractivity contribution in [3.8, 4) is 0 Å². The summed E-state index contributed by atoms with van der Waals surface area (Å²) in [5, 5.41) is 19.3. The molecule has 0 aromatic heterocycles. The zero-order chi connectivity index (χ0) is 7.44. The fourth-order valence-corrected chi connectivity index (χ4v) is 0.263. The van der Waals surface area contributed by atoms with Crippen LogP contribution in [0.5, 0.6) is 0 Å². The smallest absolute Gasteiger partial charge is 0.550 e. The molecule has 1 atom stereocenters. The molecule has 0 aliphatic heterocycles. The van der Waals surface area contributed by atoms with Crippen molar-refractivity contribution in [1.82, 2.24) is 0 Å². The maximum absolute atomic E-state index is 9.71. The fraction of sp³-hybridized carbons (Fsp3) is 0.500. The van der Waals surface area contributed by atoms with Crippen LogP contribution in [-0.2, 0) is 9.59 Å². The summed E-state index contributed by atoms with van der Waals surface area (Å²) < 4.78 is 0. The summed E-state index contributed by atoms with van der Waals surface area (Å²) in [6, 6.07) is -1.46. The largest absolute Gasteiger partial charge is 1.00 e. The van der Waals surface area contributed by atoms with E-state index in [1.165, 1.54) is 0 Å². The van der Waals surface area contributed by atoms with Gasteiger partial charge in [-0.25, -0.2) is 0 Å². The van der Waals surface area contributed by atoms with E-state index in [1.807, 2.05) is 0 Å². The summed E-state index contributed by atoms with van der Waals surface area (Å²) in [5.41, 5.74) is 4.73. The Hall–Kier alpha value is -0.543. The van der Waals surface area contributed by atoms with Gasteiger partial charge in [-0.05, 0) is 0 Å². The summed E-state index contributed by atoms with van der Waals surface area (Å²) >= 11 is 0. The van der Waals surface area contributed by atoms with Crippen LogP contribution >= 0.6 is 0 Å². The number of hydrogen-bond acceptors (Lipinski definition) is 5. The van der Waals surface area contributed by atoms with E-state index in [-0.39, 0.29) is 25.8 Å². The van der Waals surface area contributed by atoms with Crippen molar-refractivity contribution in [3.63, 3.8) is 0 Å². The number of carbonyl (C=O) groups excluding carboxylic acids is 2. The van der Waals surface area contributed by atoms with Crippen LogP contribution in [0, 0.1) is 0 Å². The number of hydrogen-bond donors (Lipinski definition) is 1. The summed E-state index contributed by atoms with van der Waals surface area (Å²) in [4.78, 5) is 19.3. The van der Waals surface area contributed by atoms with E-state index in [4.69, 9.17) is 5.73 Å². The molecule has 0 bridgehead atoms. The van der Waals surface area contributed by atoms with Crippen LogP contribution in [0.4, 0.5) is 0 Å². The number of rotatable bonds is 3. The van der Waals surface area contributed by atoms with Crippen molar-refractivity contribution >= 4 is 11.9 Å². The Morgan fingerprint density at radius 3 is 1.91 bits per heavy atom. The van der Waals surface area contributed by atoms with Crippen LogP contribution in [0.25, 0.3) is 0 Å². The predicted molar refractivity (Wildman–Crippen MR) is 27.3 cm³/mol. The Bertz CT molecular complexity index is 143. The van der Waals surface area contributed by atoms with Gasteiger partial charge in [0.2, 0.25) is 0 Å². The van der Waals surface area contributed by atoms with Gasteiger partial charge in [0, 0.05) is 18.4 Å². The van der Waals surface area contributed by atoms with Gasteiger partial charge in [-0.15, -0.1) is 0 Å². The van der Waals surface area contributed by atoms with Gasteiger partial charge in [-0.1, -0.05) is 0 Å². The van der Waals surface area contributed by atoms with Crippen LogP contribution in [-0.4, -0.2) is 23.5 Å². The molecule has 7 heteroatoms. The second-order valence-corrected chi connectivity index (χ2v) is 1.50. The first-order chi connectivity index (χ1) is 4.04. The van der Waals surface area contributed by atoms with E-state index in [9.17, 15) is 19.8 Å². The third-order valence-corrected chi connectivity index (χ3v) is 0.689. The number of carboxylic acids is 2. The van der Waals surface area contributed by atoms with Gasteiger partial charge in [0.1, 0.15) is 0 Å². The fourth-order valence-electron chi connectivity index (χ4n) is 0.263. The van der Waals surface area contributed by atoms with E-state index >= 15 is 0 Å². The van der Waals surface area contributed by atoms with E-state index in [1.54, 1.807) is 0 Å². The minimum absolute atomic E-state index is 0. The first-order valence-electron chi connectivity index (χ1n) is 2.20. The van der Waals surface area contributed by atoms with Gasteiger partial charge >= 0.3 is 20.3 Å². The Kier molecular flexibility index (Phi) is 11.6. The van der Waals surface area contributed by atoms with Gasteiger partial charge < -0.3 is 31.0 Å². The van der Waals surface area contributed by atoms with Crippen molar-refractivity contribution in [2.75, 3.05) is 0 Å². The van der Waals surface area contributed by atoms with Gasteiger partial charge in [0.05, 0.1) is 5.97 Å². The molecule has 0 aromatic carbocycles. The van der Waals surface area contributed by atoms with E-state index < -0.39 is 24.4 Å². The molecule has 0 radical (unpaired) electrons. The zero-order valence-corrected chi connectivity index (χ0v) is 5.99. The maximum atomic E-state index is 9.71.